The van der Waals surface area contributed by atoms with E-state index in [0.29, 0.717) is 19.6 Å². The average molecular weight is 305 g/mol. The van der Waals surface area contributed by atoms with Crippen molar-refractivity contribution in [2.24, 2.45) is 0 Å². The number of nitrogens with one attached hydrogen (secondary N) is 1. The number of nitrogens with zero attached hydrogens (tertiary/aromatic N) is 2. The van der Waals surface area contributed by atoms with Gasteiger partial charge in [0.25, 0.3) is 0 Å². The van der Waals surface area contributed by atoms with E-state index in [1.807, 2.05) is 44.0 Å². The first-order chi connectivity index (χ1) is 10.5. The van der Waals surface area contributed by atoms with E-state index in [1.165, 1.54) is 0 Å². The minimum Gasteiger partial charge on any atom is -0.372 e. The van der Waals surface area contributed by atoms with Crippen LogP contribution in [-0.2, 0) is 4.74 Å². The van der Waals surface area contributed by atoms with Crippen molar-refractivity contribution in [2.45, 2.75) is 39.0 Å². The molecule has 0 saturated carbocycles. The van der Waals surface area contributed by atoms with Crippen molar-refractivity contribution >= 4 is 11.7 Å². The third-order valence-electron chi connectivity index (χ3n) is 4.08. The molecule has 0 unspecified atom stereocenters. The highest BCUT2D eigenvalue weighted by Crippen LogP contribution is 2.14. The van der Waals surface area contributed by atoms with Crippen LogP contribution in [0.2, 0.25) is 0 Å². The van der Waals surface area contributed by atoms with Crippen molar-refractivity contribution in [3.05, 3.63) is 30.3 Å². The van der Waals surface area contributed by atoms with Crippen LogP contribution < -0.4 is 10.2 Å². The lowest BCUT2D eigenvalue weighted by Crippen LogP contribution is -2.53. The van der Waals surface area contributed by atoms with E-state index in [1.54, 1.807) is 0 Å². The van der Waals surface area contributed by atoms with E-state index in [-0.39, 0.29) is 24.3 Å². The van der Waals surface area contributed by atoms with Crippen molar-refractivity contribution < 1.29 is 9.53 Å². The number of morpholine rings is 1. The number of ether oxygens (including phenoxy) is 1. The Bertz CT molecular complexity index is 470. The van der Waals surface area contributed by atoms with Crippen molar-refractivity contribution in [3.8, 4) is 0 Å². The second-order valence-corrected chi connectivity index (χ2v) is 6.14. The van der Waals surface area contributed by atoms with E-state index in [0.717, 1.165) is 5.69 Å². The van der Waals surface area contributed by atoms with Crippen LogP contribution in [0.4, 0.5) is 10.5 Å². The summed E-state index contributed by atoms with van der Waals surface area (Å²) in [5.41, 5.74) is 1.15. The molecule has 2 rings (SSSR count). The summed E-state index contributed by atoms with van der Waals surface area (Å²) < 4.78 is 5.66. The highest BCUT2D eigenvalue weighted by atomic mass is 16.5. The Hall–Kier alpha value is -1.75. The summed E-state index contributed by atoms with van der Waals surface area (Å²) in [6, 6.07) is 10.4. The van der Waals surface area contributed by atoms with E-state index in [4.69, 9.17) is 4.74 Å². The van der Waals surface area contributed by atoms with E-state index in [9.17, 15) is 4.79 Å². The molecule has 1 fully saturated rings. The Morgan fingerprint density at radius 1 is 1.32 bits per heavy atom. The molecule has 0 aliphatic carbocycles. The fourth-order valence-electron chi connectivity index (χ4n) is 2.75. The minimum atomic E-state index is -0.00434. The van der Waals surface area contributed by atoms with Crippen LogP contribution in [0.25, 0.3) is 0 Å². The van der Waals surface area contributed by atoms with Crippen LogP contribution in [0.1, 0.15) is 20.8 Å². The van der Waals surface area contributed by atoms with Crippen LogP contribution in [0.15, 0.2) is 30.3 Å². The fraction of sp³-hybridized carbons (Fsp3) is 0.588. The number of likely N-dealkylation sites (N-methyl/N-ethyl adjacent to an activating group) is 1. The van der Waals surface area contributed by atoms with Crippen molar-refractivity contribution in [1.82, 2.24) is 10.2 Å². The normalized spacial score (nSPS) is 23.0. The van der Waals surface area contributed by atoms with Crippen molar-refractivity contribution in [2.75, 3.05) is 31.6 Å². The van der Waals surface area contributed by atoms with Crippen LogP contribution in [0.5, 0.6) is 0 Å². The number of hydrogen-bond acceptors (Lipinski definition) is 3. The number of hydrogen-bond donors (Lipinski definition) is 1. The number of anilines is 1. The smallest absolute Gasteiger partial charge is 0.317 e. The molecule has 0 radical (unpaired) electrons. The zero-order valence-corrected chi connectivity index (χ0v) is 14.0. The molecule has 5 heteroatoms. The van der Waals surface area contributed by atoms with Gasteiger partial charge in [-0.2, -0.15) is 0 Å². The zero-order valence-electron chi connectivity index (χ0n) is 14.0. The molecule has 2 amide bonds. The van der Waals surface area contributed by atoms with E-state index < -0.39 is 0 Å². The number of rotatable bonds is 4. The number of benzene rings is 1. The lowest BCUT2D eigenvalue weighted by atomic mass is 10.2. The Balaban J connectivity index is 1.83. The van der Waals surface area contributed by atoms with E-state index in [2.05, 4.69) is 29.3 Å². The first-order valence-electron chi connectivity index (χ1n) is 7.93. The van der Waals surface area contributed by atoms with Gasteiger partial charge in [-0.1, -0.05) is 18.2 Å². The third kappa shape index (κ3) is 4.37. The average Bonchev–Trinajstić information content (AvgIpc) is 2.51. The topological polar surface area (TPSA) is 44.8 Å². The Morgan fingerprint density at radius 2 is 1.91 bits per heavy atom. The molecular formula is C17H27N3O2. The molecule has 1 heterocycles. The molecular weight excluding hydrogens is 278 g/mol. The van der Waals surface area contributed by atoms with Crippen LogP contribution in [0, 0.1) is 0 Å². The van der Waals surface area contributed by atoms with Gasteiger partial charge in [-0.15, -0.1) is 0 Å². The maximum absolute atomic E-state index is 12.3. The molecule has 22 heavy (non-hydrogen) atoms. The van der Waals surface area contributed by atoms with Gasteiger partial charge in [0, 0.05) is 38.4 Å². The Labute approximate surface area is 133 Å². The quantitative estimate of drug-likeness (QED) is 0.928. The van der Waals surface area contributed by atoms with Gasteiger partial charge < -0.3 is 19.9 Å². The number of amides is 2. The molecule has 3 atom stereocenters. The van der Waals surface area contributed by atoms with Gasteiger partial charge in [0.1, 0.15) is 0 Å². The van der Waals surface area contributed by atoms with Gasteiger partial charge in [0.15, 0.2) is 0 Å². The summed E-state index contributed by atoms with van der Waals surface area (Å²) in [5, 5.41) is 3.03. The largest absolute Gasteiger partial charge is 0.372 e. The van der Waals surface area contributed by atoms with Crippen LogP contribution in [-0.4, -0.2) is 55.9 Å². The zero-order chi connectivity index (χ0) is 16.1. The monoisotopic (exact) mass is 305 g/mol. The summed E-state index contributed by atoms with van der Waals surface area (Å²) >= 11 is 0. The van der Waals surface area contributed by atoms with Gasteiger partial charge in [-0.05, 0) is 32.9 Å². The van der Waals surface area contributed by atoms with Gasteiger partial charge in [-0.3, -0.25) is 0 Å². The molecule has 5 nitrogen and oxygen atoms in total. The van der Waals surface area contributed by atoms with Gasteiger partial charge >= 0.3 is 6.03 Å². The van der Waals surface area contributed by atoms with Crippen molar-refractivity contribution in [1.29, 1.82) is 0 Å². The molecule has 1 N–H and O–H groups in total. The lowest BCUT2D eigenvalue weighted by Gasteiger charge is -2.36. The summed E-state index contributed by atoms with van der Waals surface area (Å²) in [5.74, 6) is 0. The molecule has 0 aromatic heterocycles. The van der Waals surface area contributed by atoms with Crippen LogP contribution in [0.3, 0.4) is 0 Å². The predicted octanol–water partition coefficient (Wildman–Crippen LogP) is 2.33. The summed E-state index contributed by atoms with van der Waals surface area (Å²) in [4.78, 5) is 16.3. The summed E-state index contributed by atoms with van der Waals surface area (Å²) in [7, 11) is 2.05. The number of carbonyl (C=O) groups is 1. The SMILES string of the molecule is C[C@@H]1CN(C(=O)NC[C@@H](C)N(C)c2ccccc2)C[C@H](C)O1. The van der Waals surface area contributed by atoms with Crippen LogP contribution >= 0.6 is 0 Å². The first-order valence-corrected chi connectivity index (χ1v) is 7.93. The highest BCUT2D eigenvalue weighted by Gasteiger charge is 2.26. The lowest BCUT2D eigenvalue weighted by molar-refractivity contribution is -0.0545. The molecule has 0 spiro atoms. The molecule has 1 saturated heterocycles. The molecule has 1 aromatic carbocycles. The molecule has 1 aliphatic heterocycles. The summed E-state index contributed by atoms with van der Waals surface area (Å²) in [6.45, 7) is 8.03. The standard InChI is InChI=1S/C17H27N3O2/c1-13(19(4)16-8-6-5-7-9-16)10-18-17(21)20-11-14(2)22-15(3)12-20/h5-9,13-15H,10-12H2,1-4H3,(H,18,21)/t13-,14-,15+/m1/s1. The molecule has 1 aliphatic rings. The minimum absolute atomic E-state index is 0.00434. The second kappa shape index (κ2) is 7.49. The number of urea groups is 1. The molecule has 122 valence electrons. The number of carbonyl (C=O) groups excluding carboxylic acids is 1. The molecule has 1 aromatic rings. The molecule has 0 bridgehead atoms. The Kier molecular flexibility index (Phi) is 5.66. The predicted molar refractivity (Wildman–Crippen MR) is 89.3 cm³/mol. The highest BCUT2D eigenvalue weighted by molar-refractivity contribution is 5.74. The van der Waals surface area contributed by atoms with Crippen molar-refractivity contribution in [3.63, 3.8) is 0 Å². The fourth-order valence-corrected chi connectivity index (χ4v) is 2.75. The first kappa shape index (κ1) is 16.6. The third-order valence-corrected chi connectivity index (χ3v) is 4.08. The van der Waals surface area contributed by atoms with Gasteiger partial charge in [-0.25, -0.2) is 4.79 Å². The van der Waals surface area contributed by atoms with E-state index >= 15 is 0 Å². The van der Waals surface area contributed by atoms with Gasteiger partial charge in [0.2, 0.25) is 0 Å². The maximum Gasteiger partial charge on any atom is 0.317 e. The summed E-state index contributed by atoms with van der Waals surface area (Å²) in [6.07, 6.45) is 0.192. The second-order valence-electron chi connectivity index (χ2n) is 6.14. The van der Waals surface area contributed by atoms with Gasteiger partial charge in [0.05, 0.1) is 12.2 Å². The number of para-hydroxylation sites is 1. The maximum atomic E-state index is 12.3. The Morgan fingerprint density at radius 3 is 2.50 bits per heavy atom.